The number of rotatable bonds is 1. The van der Waals surface area contributed by atoms with Gasteiger partial charge in [0.2, 0.25) is 5.91 Å². The van der Waals surface area contributed by atoms with Gasteiger partial charge in [0.15, 0.2) is 0 Å². The molecular formula is C20H33NO. The summed E-state index contributed by atoms with van der Waals surface area (Å²) in [6.07, 6.45) is 10.9. The second-order valence-corrected chi connectivity index (χ2v) is 8.00. The quantitative estimate of drug-likeness (QED) is 0.691. The predicted octanol–water partition coefficient (Wildman–Crippen LogP) is 4.85. The molecule has 5 atom stereocenters. The minimum absolute atomic E-state index is 0.0728. The zero-order valence-corrected chi connectivity index (χ0v) is 14.7. The average Bonchev–Trinajstić information content (AvgIpc) is 2.50. The maximum atomic E-state index is 12.1. The molecule has 0 spiro atoms. The number of primary amides is 1. The number of fused-ring (bicyclic) bond motifs is 3. The zero-order chi connectivity index (χ0) is 16.5. The van der Waals surface area contributed by atoms with Crippen LogP contribution in [0.25, 0.3) is 0 Å². The summed E-state index contributed by atoms with van der Waals surface area (Å²) in [6.45, 7) is 13.0. The van der Waals surface area contributed by atoms with Crippen molar-refractivity contribution in [2.45, 2.75) is 65.7 Å². The molecule has 0 aromatic carbocycles. The van der Waals surface area contributed by atoms with Crippen molar-refractivity contribution in [3.8, 4) is 0 Å². The summed E-state index contributed by atoms with van der Waals surface area (Å²) >= 11 is 0. The molecule has 2 N–H and O–H groups in total. The van der Waals surface area contributed by atoms with E-state index in [1.807, 2.05) is 0 Å². The highest BCUT2D eigenvalue weighted by molar-refractivity contribution is 5.81. The fourth-order valence-electron chi connectivity index (χ4n) is 5.76. The minimum Gasteiger partial charge on any atom is -0.369 e. The van der Waals surface area contributed by atoms with Crippen molar-refractivity contribution in [2.24, 2.45) is 34.3 Å². The third kappa shape index (κ3) is 2.45. The van der Waals surface area contributed by atoms with Crippen molar-refractivity contribution in [1.82, 2.24) is 0 Å². The van der Waals surface area contributed by atoms with E-state index >= 15 is 0 Å². The number of amides is 1. The first-order chi connectivity index (χ1) is 10.4. The summed E-state index contributed by atoms with van der Waals surface area (Å²) in [7, 11) is 0. The van der Waals surface area contributed by atoms with Gasteiger partial charge in [0.1, 0.15) is 0 Å². The highest BCUT2D eigenvalue weighted by Crippen LogP contribution is 2.62. The molecule has 2 saturated carbocycles. The first kappa shape index (κ1) is 17.3. The Morgan fingerprint density at radius 3 is 2.55 bits per heavy atom. The van der Waals surface area contributed by atoms with Gasteiger partial charge in [-0.25, -0.2) is 0 Å². The highest BCUT2D eigenvalue weighted by Gasteiger charge is 2.56. The molecule has 0 saturated heterocycles. The Balaban J connectivity index is 0.000000847. The van der Waals surface area contributed by atoms with E-state index in [0.29, 0.717) is 5.92 Å². The molecule has 0 aromatic rings. The van der Waals surface area contributed by atoms with Crippen molar-refractivity contribution in [1.29, 1.82) is 0 Å². The van der Waals surface area contributed by atoms with Crippen LogP contribution in [0.15, 0.2) is 24.8 Å². The van der Waals surface area contributed by atoms with Crippen molar-refractivity contribution in [3.05, 3.63) is 24.8 Å². The zero-order valence-electron chi connectivity index (χ0n) is 14.7. The van der Waals surface area contributed by atoms with Crippen molar-refractivity contribution in [2.75, 3.05) is 0 Å². The lowest BCUT2D eigenvalue weighted by Gasteiger charge is -2.58. The molecule has 0 aliphatic heterocycles. The van der Waals surface area contributed by atoms with E-state index in [1.165, 1.54) is 32.1 Å². The standard InChI is InChI=1S/C18H29NO.C2H4/c1-12-6-4-7-14-13(12)8-9-15-17(14,2)10-5-11-18(15,3)16(19)20;1-2/h7,12-13,15H,4-6,8-11H2,1-3H3,(H2,19,20);1-2H2. The van der Waals surface area contributed by atoms with Gasteiger partial charge in [-0.05, 0) is 61.7 Å². The van der Waals surface area contributed by atoms with Gasteiger partial charge in [-0.15, -0.1) is 13.2 Å². The number of nitrogens with two attached hydrogens (primary N) is 1. The normalized spacial score (nSPS) is 43.8. The summed E-state index contributed by atoms with van der Waals surface area (Å²) < 4.78 is 0. The molecule has 0 aromatic heterocycles. The van der Waals surface area contributed by atoms with Crippen LogP contribution in [0.4, 0.5) is 0 Å². The third-order valence-electron chi connectivity index (χ3n) is 6.99. The maximum Gasteiger partial charge on any atom is 0.223 e. The monoisotopic (exact) mass is 303 g/mol. The van der Waals surface area contributed by atoms with Crippen LogP contribution in [-0.2, 0) is 4.79 Å². The van der Waals surface area contributed by atoms with Gasteiger partial charge in [0.25, 0.3) is 0 Å². The number of carbonyl (C=O) groups excluding carboxylic acids is 1. The van der Waals surface area contributed by atoms with E-state index in [0.717, 1.165) is 24.7 Å². The van der Waals surface area contributed by atoms with Crippen LogP contribution in [0.5, 0.6) is 0 Å². The lowest BCUT2D eigenvalue weighted by molar-refractivity contribution is -0.138. The Hall–Kier alpha value is -1.05. The van der Waals surface area contributed by atoms with Gasteiger partial charge >= 0.3 is 0 Å². The molecule has 0 radical (unpaired) electrons. The first-order valence-corrected chi connectivity index (χ1v) is 8.90. The molecule has 0 heterocycles. The molecule has 22 heavy (non-hydrogen) atoms. The summed E-state index contributed by atoms with van der Waals surface area (Å²) in [4.78, 5) is 12.1. The summed E-state index contributed by atoms with van der Waals surface area (Å²) in [5, 5.41) is 0. The summed E-state index contributed by atoms with van der Waals surface area (Å²) in [5.41, 5.74) is 7.41. The largest absolute Gasteiger partial charge is 0.369 e. The van der Waals surface area contributed by atoms with Crippen LogP contribution in [0.1, 0.15) is 65.7 Å². The van der Waals surface area contributed by atoms with E-state index in [9.17, 15) is 4.79 Å². The molecule has 0 bridgehead atoms. The van der Waals surface area contributed by atoms with Crippen molar-refractivity contribution >= 4 is 5.91 Å². The van der Waals surface area contributed by atoms with E-state index in [4.69, 9.17) is 5.73 Å². The fraction of sp³-hybridized carbons (Fsp3) is 0.750. The van der Waals surface area contributed by atoms with Crippen LogP contribution in [0.3, 0.4) is 0 Å². The van der Waals surface area contributed by atoms with Gasteiger partial charge in [-0.1, -0.05) is 38.8 Å². The van der Waals surface area contributed by atoms with Gasteiger partial charge in [-0.3, -0.25) is 4.79 Å². The Morgan fingerprint density at radius 1 is 1.23 bits per heavy atom. The van der Waals surface area contributed by atoms with Gasteiger partial charge in [0, 0.05) is 5.41 Å². The Morgan fingerprint density at radius 2 is 1.91 bits per heavy atom. The first-order valence-electron chi connectivity index (χ1n) is 8.90. The van der Waals surface area contributed by atoms with E-state index in [1.54, 1.807) is 5.57 Å². The Bertz CT molecular complexity index is 468. The predicted molar refractivity (Wildman–Crippen MR) is 93.2 cm³/mol. The smallest absolute Gasteiger partial charge is 0.223 e. The van der Waals surface area contributed by atoms with Gasteiger partial charge in [0.05, 0.1) is 0 Å². The lowest BCUT2D eigenvalue weighted by atomic mass is 9.46. The van der Waals surface area contributed by atoms with E-state index in [2.05, 4.69) is 40.0 Å². The molecule has 3 rings (SSSR count). The average molecular weight is 303 g/mol. The number of carbonyl (C=O) groups is 1. The summed E-state index contributed by atoms with van der Waals surface area (Å²) in [6, 6.07) is 0. The van der Waals surface area contributed by atoms with Crippen LogP contribution >= 0.6 is 0 Å². The van der Waals surface area contributed by atoms with Crippen LogP contribution < -0.4 is 5.73 Å². The molecule has 5 unspecified atom stereocenters. The molecule has 2 fully saturated rings. The molecule has 3 aliphatic rings. The second kappa shape index (κ2) is 6.22. The molecule has 124 valence electrons. The molecule has 2 nitrogen and oxygen atoms in total. The molecule has 2 heteroatoms. The van der Waals surface area contributed by atoms with Crippen LogP contribution in [0.2, 0.25) is 0 Å². The maximum absolute atomic E-state index is 12.1. The van der Waals surface area contributed by atoms with E-state index < -0.39 is 0 Å². The van der Waals surface area contributed by atoms with Crippen molar-refractivity contribution < 1.29 is 4.79 Å². The van der Waals surface area contributed by atoms with Crippen molar-refractivity contribution in [3.63, 3.8) is 0 Å². The van der Waals surface area contributed by atoms with Crippen LogP contribution in [-0.4, -0.2) is 5.91 Å². The topological polar surface area (TPSA) is 43.1 Å². The Labute approximate surface area is 136 Å². The second-order valence-electron chi connectivity index (χ2n) is 8.00. The van der Waals surface area contributed by atoms with Crippen LogP contribution in [0, 0.1) is 28.6 Å². The number of hydrogen-bond donors (Lipinski definition) is 1. The Kier molecular flexibility index (Phi) is 4.89. The molecule has 1 amide bonds. The summed E-state index contributed by atoms with van der Waals surface area (Å²) in [5.74, 6) is 1.96. The minimum atomic E-state index is -0.292. The van der Waals surface area contributed by atoms with E-state index in [-0.39, 0.29) is 16.7 Å². The number of allylic oxidation sites excluding steroid dienone is 2. The van der Waals surface area contributed by atoms with Gasteiger partial charge in [-0.2, -0.15) is 0 Å². The molecular weight excluding hydrogens is 270 g/mol. The van der Waals surface area contributed by atoms with Gasteiger partial charge < -0.3 is 5.73 Å². The third-order valence-corrected chi connectivity index (χ3v) is 6.99. The highest BCUT2D eigenvalue weighted by atomic mass is 16.1. The fourth-order valence-corrected chi connectivity index (χ4v) is 5.76. The number of hydrogen-bond acceptors (Lipinski definition) is 1. The molecule has 3 aliphatic carbocycles. The lowest BCUT2D eigenvalue weighted by Crippen LogP contribution is -2.54. The SMILES string of the molecule is C=C.CC1CCC=C2C1CCC1C(C)(C(N)=O)CCCC21C.